The summed E-state index contributed by atoms with van der Waals surface area (Å²) in [4.78, 5) is 20.3. The number of fused-ring (bicyclic) bond motifs is 1. The van der Waals surface area contributed by atoms with Crippen molar-refractivity contribution in [3.05, 3.63) is 51.6 Å². The van der Waals surface area contributed by atoms with Crippen molar-refractivity contribution < 1.29 is 0 Å². The molecule has 0 aliphatic carbocycles. The molecule has 2 heterocycles. The van der Waals surface area contributed by atoms with Crippen molar-refractivity contribution in [1.29, 1.82) is 0 Å². The Morgan fingerprint density at radius 1 is 1.24 bits per heavy atom. The molecule has 0 aliphatic rings. The van der Waals surface area contributed by atoms with Gasteiger partial charge in [0, 0.05) is 0 Å². The summed E-state index contributed by atoms with van der Waals surface area (Å²) in [6, 6.07) is 9.60. The lowest BCUT2D eigenvalue weighted by atomic mass is 10.1. The van der Waals surface area contributed by atoms with Gasteiger partial charge in [0.2, 0.25) is 0 Å². The van der Waals surface area contributed by atoms with E-state index in [1.165, 1.54) is 0 Å². The van der Waals surface area contributed by atoms with Crippen LogP contribution in [0.1, 0.15) is 5.56 Å². The van der Waals surface area contributed by atoms with Crippen LogP contribution >= 0.6 is 11.3 Å². The number of H-pyrrole nitrogens is 1. The van der Waals surface area contributed by atoms with Crippen LogP contribution < -0.4 is 5.56 Å². The monoisotopic (exact) mass is 242 g/mol. The molecule has 84 valence electrons. The molecule has 0 fully saturated rings. The van der Waals surface area contributed by atoms with Crippen molar-refractivity contribution in [1.82, 2.24) is 9.97 Å². The Balaban J connectivity index is 2.36. The highest BCUT2D eigenvalue weighted by Crippen LogP contribution is 2.21. The second-order valence-corrected chi connectivity index (χ2v) is 4.81. The number of aryl methyl sites for hydroxylation is 1. The van der Waals surface area contributed by atoms with Crippen molar-refractivity contribution in [3.63, 3.8) is 0 Å². The number of rotatable bonds is 1. The van der Waals surface area contributed by atoms with Crippen molar-refractivity contribution in [2.24, 2.45) is 0 Å². The first kappa shape index (κ1) is 10.2. The van der Waals surface area contributed by atoms with Crippen LogP contribution in [0.3, 0.4) is 0 Å². The smallest absolute Gasteiger partial charge is 0.259 e. The Morgan fingerprint density at radius 2 is 2.12 bits per heavy atom. The summed E-state index contributed by atoms with van der Waals surface area (Å²) in [6.07, 6.45) is 0. The minimum Gasteiger partial charge on any atom is -0.305 e. The van der Waals surface area contributed by atoms with Crippen LogP contribution in [-0.2, 0) is 0 Å². The SMILES string of the molecule is Cc1cccc2nc(-c3cccs3)[nH]c(=O)c12. The minimum absolute atomic E-state index is 0.0727. The number of hydrogen-bond acceptors (Lipinski definition) is 3. The molecule has 3 nitrogen and oxygen atoms in total. The molecule has 0 saturated heterocycles. The summed E-state index contributed by atoms with van der Waals surface area (Å²) in [5, 5.41) is 2.64. The van der Waals surface area contributed by atoms with Gasteiger partial charge in [0.15, 0.2) is 5.82 Å². The normalized spacial score (nSPS) is 10.9. The molecule has 0 atom stereocenters. The van der Waals surface area contributed by atoms with Gasteiger partial charge in [-0.1, -0.05) is 18.2 Å². The number of aromatic amines is 1. The molecule has 0 radical (unpaired) electrons. The van der Waals surface area contributed by atoms with Crippen LogP contribution in [0.25, 0.3) is 21.6 Å². The van der Waals surface area contributed by atoms with Crippen LogP contribution in [0, 0.1) is 6.92 Å². The molecule has 0 bridgehead atoms. The minimum atomic E-state index is -0.0727. The molecule has 17 heavy (non-hydrogen) atoms. The molecule has 1 N–H and O–H groups in total. The average molecular weight is 242 g/mol. The van der Waals surface area contributed by atoms with E-state index < -0.39 is 0 Å². The lowest BCUT2D eigenvalue weighted by Gasteiger charge is -2.02. The number of aromatic nitrogens is 2. The van der Waals surface area contributed by atoms with Crippen molar-refractivity contribution in [2.45, 2.75) is 6.92 Å². The van der Waals surface area contributed by atoms with Crippen LogP contribution in [-0.4, -0.2) is 9.97 Å². The summed E-state index contributed by atoms with van der Waals surface area (Å²) in [5.41, 5.74) is 1.63. The topological polar surface area (TPSA) is 45.8 Å². The molecule has 0 saturated carbocycles. The molecule has 1 aromatic carbocycles. The summed E-state index contributed by atoms with van der Waals surface area (Å²) >= 11 is 1.56. The molecule has 3 aromatic rings. The predicted octanol–water partition coefficient (Wildman–Crippen LogP) is 2.96. The Kier molecular flexibility index (Phi) is 2.30. The highest BCUT2D eigenvalue weighted by atomic mass is 32.1. The molecular formula is C13H10N2OS. The Bertz CT molecular complexity index is 729. The van der Waals surface area contributed by atoms with Gasteiger partial charge in [-0.05, 0) is 30.0 Å². The molecular weight excluding hydrogens is 232 g/mol. The van der Waals surface area contributed by atoms with Gasteiger partial charge < -0.3 is 4.98 Å². The van der Waals surface area contributed by atoms with Gasteiger partial charge in [-0.15, -0.1) is 11.3 Å². The molecule has 4 heteroatoms. The van der Waals surface area contributed by atoms with E-state index in [0.29, 0.717) is 11.2 Å². The number of nitrogens with one attached hydrogen (secondary N) is 1. The largest absolute Gasteiger partial charge is 0.305 e. The molecule has 0 aliphatic heterocycles. The van der Waals surface area contributed by atoms with Crippen molar-refractivity contribution >= 4 is 22.2 Å². The van der Waals surface area contributed by atoms with Crippen molar-refractivity contribution in [2.75, 3.05) is 0 Å². The second-order valence-electron chi connectivity index (χ2n) is 3.86. The molecule has 0 amide bonds. The van der Waals surface area contributed by atoms with E-state index in [2.05, 4.69) is 9.97 Å². The zero-order chi connectivity index (χ0) is 11.8. The standard InChI is InChI=1S/C13H10N2OS/c1-8-4-2-5-9-11(8)13(16)15-12(14-9)10-6-3-7-17-10/h2-7H,1H3,(H,14,15,16). The maximum absolute atomic E-state index is 12.0. The quantitative estimate of drug-likeness (QED) is 0.713. The summed E-state index contributed by atoms with van der Waals surface area (Å²) in [7, 11) is 0. The van der Waals surface area contributed by atoms with Crippen molar-refractivity contribution in [3.8, 4) is 10.7 Å². The number of thiophene rings is 1. The van der Waals surface area contributed by atoms with E-state index in [1.807, 2.05) is 42.6 Å². The fourth-order valence-corrected chi connectivity index (χ4v) is 2.56. The molecule has 0 spiro atoms. The summed E-state index contributed by atoms with van der Waals surface area (Å²) in [5.74, 6) is 0.642. The van der Waals surface area contributed by atoms with Gasteiger partial charge in [0.1, 0.15) is 0 Å². The van der Waals surface area contributed by atoms with E-state index in [9.17, 15) is 4.79 Å². The molecule has 0 unspecified atom stereocenters. The van der Waals surface area contributed by atoms with Gasteiger partial charge in [-0.3, -0.25) is 4.79 Å². The zero-order valence-corrected chi connectivity index (χ0v) is 10.0. The third-order valence-electron chi connectivity index (χ3n) is 2.70. The van der Waals surface area contributed by atoms with Crippen LogP contribution in [0.5, 0.6) is 0 Å². The number of nitrogens with zero attached hydrogens (tertiary/aromatic N) is 1. The lowest BCUT2D eigenvalue weighted by molar-refractivity contribution is 1.18. The van der Waals surface area contributed by atoms with E-state index in [0.717, 1.165) is 16.0 Å². The maximum Gasteiger partial charge on any atom is 0.259 e. The predicted molar refractivity (Wildman–Crippen MR) is 70.4 cm³/mol. The highest BCUT2D eigenvalue weighted by molar-refractivity contribution is 7.13. The van der Waals surface area contributed by atoms with Gasteiger partial charge in [-0.25, -0.2) is 4.98 Å². The van der Waals surface area contributed by atoms with E-state index in [4.69, 9.17) is 0 Å². The third kappa shape index (κ3) is 1.66. The first-order chi connectivity index (χ1) is 8.25. The summed E-state index contributed by atoms with van der Waals surface area (Å²) < 4.78 is 0. The summed E-state index contributed by atoms with van der Waals surface area (Å²) in [6.45, 7) is 1.92. The van der Waals surface area contributed by atoms with Gasteiger partial charge in [-0.2, -0.15) is 0 Å². The van der Waals surface area contributed by atoms with Crippen LogP contribution in [0.4, 0.5) is 0 Å². The first-order valence-electron chi connectivity index (χ1n) is 5.29. The van der Waals surface area contributed by atoms with Gasteiger partial charge in [0.05, 0.1) is 15.8 Å². The second kappa shape index (κ2) is 3.82. The first-order valence-corrected chi connectivity index (χ1v) is 6.17. The third-order valence-corrected chi connectivity index (χ3v) is 3.57. The Hall–Kier alpha value is -1.94. The fraction of sp³-hybridized carbons (Fsp3) is 0.0769. The van der Waals surface area contributed by atoms with Gasteiger partial charge >= 0.3 is 0 Å². The number of hydrogen-bond donors (Lipinski definition) is 1. The lowest BCUT2D eigenvalue weighted by Crippen LogP contribution is -2.10. The Labute approximate surface area is 102 Å². The average Bonchev–Trinajstić information content (AvgIpc) is 2.81. The Morgan fingerprint density at radius 3 is 2.88 bits per heavy atom. The van der Waals surface area contributed by atoms with Crippen LogP contribution in [0.2, 0.25) is 0 Å². The van der Waals surface area contributed by atoms with E-state index in [1.54, 1.807) is 11.3 Å². The van der Waals surface area contributed by atoms with Crippen LogP contribution in [0.15, 0.2) is 40.5 Å². The van der Waals surface area contributed by atoms with E-state index in [-0.39, 0.29) is 5.56 Å². The molecule has 2 aromatic heterocycles. The highest BCUT2D eigenvalue weighted by Gasteiger charge is 2.07. The van der Waals surface area contributed by atoms with Gasteiger partial charge in [0.25, 0.3) is 5.56 Å². The fourth-order valence-electron chi connectivity index (χ4n) is 1.89. The molecule has 3 rings (SSSR count). The maximum atomic E-state index is 12.0. The number of benzene rings is 1. The zero-order valence-electron chi connectivity index (χ0n) is 9.23. The van der Waals surface area contributed by atoms with E-state index >= 15 is 0 Å².